The summed E-state index contributed by atoms with van der Waals surface area (Å²) in [6, 6.07) is 7.57. The summed E-state index contributed by atoms with van der Waals surface area (Å²) in [5.74, 6) is 1.47. The molecule has 1 saturated heterocycles. The minimum absolute atomic E-state index is 0.343. The van der Waals surface area contributed by atoms with Gasteiger partial charge in [-0.3, -0.25) is 4.90 Å². The summed E-state index contributed by atoms with van der Waals surface area (Å²) in [6.07, 6.45) is 5.37. The third-order valence-electron chi connectivity index (χ3n) is 5.47. The molecule has 0 bridgehead atoms. The van der Waals surface area contributed by atoms with E-state index in [0.29, 0.717) is 5.75 Å². The second-order valence-corrected chi connectivity index (χ2v) is 8.25. The second-order valence-electron chi connectivity index (χ2n) is 7.17. The molecule has 2 aromatic heterocycles. The molecule has 3 aromatic rings. The molecule has 1 aromatic carbocycles. The van der Waals surface area contributed by atoms with E-state index in [4.69, 9.17) is 0 Å². The lowest BCUT2D eigenvalue weighted by atomic mass is 10.1. The van der Waals surface area contributed by atoms with E-state index in [9.17, 15) is 5.11 Å². The average Bonchev–Trinajstić information content (AvgIpc) is 3.23. The Morgan fingerprint density at radius 1 is 1.08 bits per heavy atom. The SMILES string of the molecule is Oc1cccc(CN2CCN(c3ncnc4sc5c(c34)CCC5)CC2)c1. The van der Waals surface area contributed by atoms with E-state index < -0.39 is 0 Å². The van der Waals surface area contributed by atoms with Crippen LogP contribution in [0.15, 0.2) is 30.6 Å². The highest BCUT2D eigenvalue weighted by molar-refractivity contribution is 7.19. The fourth-order valence-electron chi connectivity index (χ4n) is 4.18. The molecule has 1 fully saturated rings. The van der Waals surface area contributed by atoms with Crippen LogP contribution in [0.2, 0.25) is 0 Å². The third kappa shape index (κ3) is 2.83. The molecule has 5 nitrogen and oxygen atoms in total. The standard InChI is InChI=1S/C20H22N4OS/c25-15-4-1-3-14(11-15)12-23-7-9-24(10-8-23)19-18-16-5-2-6-17(16)26-20(18)22-13-21-19/h1,3-4,11,13,25H,2,5-10,12H2. The maximum absolute atomic E-state index is 9.65. The van der Waals surface area contributed by atoms with Gasteiger partial charge < -0.3 is 10.0 Å². The number of hydrogen-bond acceptors (Lipinski definition) is 6. The minimum atomic E-state index is 0.343. The van der Waals surface area contributed by atoms with Crippen LogP contribution in [0.25, 0.3) is 10.2 Å². The molecule has 2 aliphatic rings. The Hall–Kier alpha value is -2.18. The maximum Gasteiger partial charge on any atom is 0.141 e. The van der Waals surface area contributed by atoms with Gasteiger partial charge in [-0.1, -0.05) is 12.1 Å². The molecule has 134 valence electrons. The van der Waals surface area contributed by atoms with Gasteiger partial charge in [-0.05, 0) is 42.5 Å². The van der Waals surface area contributed by atoms with Crippen molar-refractivity contribution in [2.45, 2.75) is 25.8 Å². The number of aryl methyl sites for hydroxylation is 2. The molecule has 0 unspecified atom stereocenters. The number of thiophene rings is 1. The van der Waals surface area contributed by atoms with E-state index in [2.05, 4.69) is 25.8 Å². The van der Waals surface area contributed by atoms with Gasteiger partial charge in [0.2, 0.25) is 0 Å². The van der Waals surface area contributed by atoms with Gasteiger partial charge in [-0.25, -0.2) is 9.97 Å². The van der Waals surface area contributed by atoms with E-state index in [1.54, 1.807) is 12.4 Å². The van der Waals surface area contributed by atoms with E-state index in [0.717, 1.165) is 43.4 Å². The number of phenolic OH excluding ortho intramolecular Hbond substituents is 1. The number of nitrogens with zero attached hydrogens (tertiary/aromatic N) is 4. The highest BCUT2D eigenvalue weighted by atomic mass is 32.1. The summed E-state index contributed by atoms with van der Waals surface area (Å²) in [5.41, 5.74) is 2.67. The normalized spacial score (nSPS) is 17.8. The first kappa shape index (κ1) is 16.0. The zero-order valence-corrected chi connectivity index (χ0v) is 15.5. The summed E-state index contributed by atoms with van der Waals surface area (Å²) in [6.45, 7) is 4.86. The zero-order valence-electron chi connectivity index (χ0n) is 14.7. The van der Waals surface area contributed by atoms with Crippen LogP contribution in [0, 0.1) is 0 Å². The molecule has 6 heteroatoms. The number of piperazine rings is 1. The Labute approximate surface area is 156 Å². The summed E-state index contributed by atoms with van der Waals surface area (Å²) in [7, 11) is 0. The van der Waals surface area contributed by atoms with Gasteiger partial charge in [0.1, 0.15) is 22.7 Å². The van der Waals surface area contributed by atoms with Crippen molar-refractivity contribution >= 4 is 27.4 Å². The van der Waals surface area contributed by atoms with E-state index in [1.165, 1.54) is 40.7 Å². The van der Waals surface area contributed by atoms with Gasteiger partial charge in [0.25, 0.3) is 0 Å². The van der Waals surface area contributed by atoms with Crippen LogP contribution in [0.1, 0.15) is 22.4 Å². The molecule has 26 heavy (non-hydrogen) atoms. The molecule has 0 amide bonds. The Morgan fingerprint density at radius 3 is 2.81 bits per heavy atom. The molecule has 1 N–H and O–H groups in total. The van der Waals surface area contributed by atoms with Gasteiger partial charge in [-0.15, -0.1) is 11.3 Å². The number of benzene rings is 1. The molecule has 0 radical (unpaired) electrons. The summed E-state index contributed by atoms with van der Waals surface area (Å²) < 4.78 is 0. The molecular formula is C20H22N4OS. The van der Waals surface area contributed by atoms with Crippen molar-refractivity contribution < 1.29 is 5.11 Å². The number of rotatable bonds is 3. The van der Waals surface area contributed by atoms with Crippen LogP contribution >= 0.6 is 11.3 Å². The van der Waals surface area contributed by atoms with Crippen molar-refractivity contribution in [3.8, 4) is 5.75 Å². The van der Waals surface area contributed by atoms with E-state index in [-0.39, 0.29) is 0 Å². The lowest BCUT2D eigenvalue weighted by molar-refractivity contribution is 0.249. The second kappa shape index (κ2) is 6.52. The van der Waals surface area contributed by atoms with Crippen LogP contribution in [-0.2, 0) is 19.4 Å². The number of hydrogen-bond donors (Lipinski definition) is 1. The monoisotopic (exact) mass is 366 g/mol. The Morgan fingerprint density at radius 2 is 1.96 bits per heavy atom. The first-order chi connectivity index (χ1) is 12.8. The lowest BCUT2D eigenvalue weighted by Gasteiger charge is -2.35. The van der Waals surface area contributed by atoms with Crippen LogP contribution < -0.4 is 4.90 Å². The Bertz CT molecular complexity index is 946. The summed E-state index contributed by atoms with van der Waals surface area (Å²) in [4.78, 5) is 16.7. The van der Waals surface area contributed by atoms with Crippen molar-refractivity contribution in [2.75, 3.05) is 31.1 Å². The predicted octanol–water partition coefficient (Wildman–Crippen LogP) is 3.21. The van der Waals surface area contributed by atoms with Gasteiger partial charge in [0.05, 0.1) is 5.39 Å². The topological polar surface area (TPSA) is 52.5 Å². The van der Waals surface area contributed by atoms with Gasteiger partial charge >= 0.3 is 0 Å². The van der Waals surface area contributed by atoms with Crippen LogP contribution in [0.4, 0.5) is 5.82 Å². The first-order valence-electron chi connectivity index (χ1n) is 9.28. The van der Waals surface area contributed by atoms with Crippen molar-refractivity contribution in [1.82, 2.24) is 14.9 Å². The quantitative estimate of drug-likeness (QED) is 0.771. The largest absolute Gasteiger partial charge is 0.508 e. The molecule has 1 aliphatic carbocycles. The maximum atomic E-state index is 9.65. The van der Waals surface area contributed by atoms with Crippen LogP contribution in [0.5, 0.6) is 5.75 Å². The lowest BCUT2D eigenvalue weighted by Crippen LogP contribution is -2.46. The Kier molecular flexibility index (Phi) is 4.02. The van der Waals surface area contributed by atoms with E-state index in [1.807, 2.05) is 23.5 Å². The predicted molar refractivity (Wildman–Crippen MR) is 105 cm³/mol. The molecule has 0 spiro atoms. The van der Waals surface area contributed by atoms with Crippen LogP contribution in [0.3, 0.4) is 0 Å². The van der Waals surface area contributed by atoms with Crippen molar-refractivity contribution in [3.63, 3.8) is 0 Å². The van der Waals surface area contributed by atoms with Gasteiger partial charge in [-0.2, -0.15) is 0 Å². The minimum Gasteiger partial charge on any atom is -0.508 e. The van der Waals surface area contributed by atoms with E-state index >= 15 is 0 Å². The fraction of sp³-hybridized carbons (Fsp3) is 0.400. The van der Waals surface area contributed by atoms with Gasteiger partial charge in [0.15, 0.2) is 0 Å². The highest BCUT2D eigenvalue weighted by Gasteiger charge is 2.25. The van der Waals surface area contributed by atoms with Gasteiger partial charge in [0, 0.05) is 37.6 Å². The molecule has 1 aliphatic heterocycles. The number of anilines is 1. The molecular weight excluding hydrogens is 344 g/mol. The third-order valence-corrected chi connectivity index (χ3v) is 6.67. The number of aromatic hydroxyl groups is 1. The molecule has 0 atom stereocenters. The van der Waals surface area contributed by atoms with Crippen molar-refractivity contribution in [2.24, 2.45) is 0 Å². The average molecular weight is 366 g/mol. The smallest absolute Gasteiger partial charge is 0.141 e. The molecule has 3 heterocycles. The van der Waals surface area contributed by atoms with Crippen molar-refractivity contribution in [1.29, 1.82) is 0 Å². The Balaban J connectivity index is 1.34. The fourth-order valence-corrected chi connectivity index (χ4v) is 5.41. The molecule has 5 rings (SSSR count). The molecule has 0 saturated carbocycles. The number of fused-ring (bicyclic) bond motifs is 3. The number of aromatic nitrogens is 2. The summed E-state index contributed by atoms with van der Waals surface area (Å²) >= 11 is 1.86. The van der Waals surface area contributed by atoms with Crippen molar-refractivity contribution in [3.05, 3.63) is 46.6 Å². The summed E-state index contributed by atoms with van der Waals surface area (Å²) in [5, 5.41) is 11.0. The zero-order chi connectivity index (χ0) is 17.5. The first-order valence-corrected chi connectivity index (χ1v) is 10.1. The highest BCUT2D eigenvalue weighted by Crippen LogP contribution is 2.40. The van der Waals surface area contributed by atoms with Crippen LogP contribution in [-0.4, -0.2) is 46.2 Å². The number of phenols is 1.